The van der Waals surface area contributed by atoms with E-state index in [9.17, 15) is 0 Å². The smallest absolute Gasteiger partial charge is 0.164 e. The van der Waals surface area contributed by atoms with Crippen molar-refractivity contribution in [2.45, 2.75) is 25.8 Å². The summed E-state index contributed by atoms with van der Waals surface area (Å²) in [5.74, 6) is 1.95. The molecule has 0 atom stereocenters. The first kappa shape index (κ1) is 13.8. The van der Waals surface area contributed by atoms with Crippen LogP contribution in [0.3, 0.4) is 0 Å². The molecule has 0 bridgehead atoms. The predicted octanol–water partition coefficient (Wildman–Crippen LogP) is 4.51. The van der Waals surface area contributed by atoms with Gasteiger partial charge in [-0.05, 0) is 40.5 Å². The molecule has 1 heterocycles. The number of hydrogen-bond acceptors (Lipinski definition) is 2. The molecule has 0 N–H and O–H groups in total. The fourth-order valence-corrected chi connectivity index (χ4v) is 2.37. The van der Waals surface area contributed by atoms with Gasteiger partial charge in [-0.3, -0.25) is 0 Å². The molecule has 3 nitrogen and oxygen atoms in total. The average Bonchev–Trinajstić information content (AvgIpc) is 2.76. The number of nitrogens with zero attached hydrogens (tertiary/aromatic N) is 3. The molecule has 2 aromatic rings. The van der Waals surface area contributed by atoms with Crippen LogP contribution >= 0.6 is 39.1 Å². The maximum atomic E-state index is 6.10. The number of benzene rings is 1. The van der Waals surface area contributed by atoms with Gasteiger partial charge >= 0.3 is 0 Å². The Balaban J connectivity index is 2.49. The standard InChI is InChI=1S/C12H12BrCl2N3/c1-2-5-18-11(7-14)16-17-12(18)8-3-4-9(13)10(15)6-8/h3-4,6H,2,5,7H2,1H3. The molecule has 0 saturated carbocycles. The Morgan fingerprint density at radius 1 is 1.33 bits per heavy atom. The van der Waals surface area contributed by atoms with Gasteiger partial charge in [-0.1, -0.05) is 18.5 Å². The van der Waals surface area contributed by atoms with E-state index in [0.29, 0.717) is 10.9 Å². The molecule has 0 aliphatic rings. The Hall–Kier alpha value is -0.580. The zero-order valence-corrected chi connectivity index (χ0v) is 12.9. The summed E-state index contributed by atoms with van der Waals surface area (Å²) < 4.78 is 2.90. The van der Waals surface area contributed by atoms with Gasteiger partial charge in [0.1, 0.15) is 5.82 Å². The SMILES string of the molecule is CCCn1c(CCl)nnc1-c1ccc(Br)c(Cl)c1. The maximum absolute atomic E-state index is 6.10. The number of aromatic nitrogens is 3. The number of hydrogen-bond donors (Lipinski definition) is 0. The molecule has 0 fully saturated rings. The molecular weight excluding hydrogens is 337 g/mol. The highest BCUT2D eigenvalue weighted by Gasteiger charge is 2.13. The van der Waals surface area contributed by atoms with E-state index >= 15 is 0 Å². The summed E-state index contributed by atoms with van der Waals surface area (Å²) in [6.45, 7) is 2.95. The van der Waals surface area contributed by atoms with Crippen molar-refractivity contribution in [3.8, 4) is 11.4 Å². The number of halogens is 3. The summed E-state index contributed by atoms with van der Waals surface area (Å²) in [5.41, 5.74) is 0.945. The first-order valence-corrected chi connectivity index (χ1v) is 7.31. The Bertz CT molecular complexity index is 554. The van der Waals surface area contributed by atoms with Crippen LogP contribution in [-0.4, -0.2) is 14.8 Å². The molecule has 0 saturated heterocycles. The largest absolute Gasteiger partial charge is 0.310 e. The molecule has 6 heteroatoms. The molecule has 0 radical (unpaired) electrons. The molecule has 0 aliphatic carbocycles. The van der Waals surface area contributed by atoms with Gasteiger partial charge in [0.05, 0.1) is 10.9 Å². The van der Waals surface area contributed by atoms with Crippen LogP contribution < -0.4 is 0 Å². The van der Waals surface area contributed by atoms with Crippen molar-refractivity contribution in [2.75, 3.05) is 0 Å². The minimum Gasteiger partial charge on any atom is -0.310 e. The number of alkyl halides is 1. The summed E-state index contributed by atoms with van der Waals surface area (Å²) in [6.07, 6.45) is 0.999. The van der Waals surface area contributed by atoms with E-state index in [-0.39, 0.29) is 0 Å². The minimum absolute atomic E-state index is 0.358. The second-order valence-electron chi connectivity index (χ2n) is 3.85. The fraction of sp³-hybridized carbons (Fsp3) is 0.333. The monoisotopic (exact) mass is 347 g/mol. The van der Waals surface area contributed by atoms with Crippen LogP contribution in [0, 0.1) is 0 Å². The summed E-state index contributed by atoms with van der Waals surface area (Å²) in [6, 6.07) is 5.74. The summed E-state index contributed by atoms with van der Waals surface area (Å²) >= 11 is 15.3. The Morgan fingerprint density at radius 2 is 2.11 bits per heavy atom. The lowest BCUT2D eigenvalue weighted by molar-refractivity contribution is 0.659. The zero-order valence-electron chi connectivity index (χ0n) is 9.83. The molecule has 2 rings (SSSR count). The molecule has 1 aromatic heterocycles. The van der Waals surface area contributed by atoms with Crippen molar-refractivity contribution in [2.24, 2.45) is 0 Å². The first-order valence-electron chi connectivity index (χ1n) is 5.60. The van der Waals surface area contributed by atoms with E-state index < -0.39 is 0 Å². The molecule has 0 unspecified atom stereocenters. The first-order chi connectivity index (χ1) is 8.67. The summed E-state index contributed by atoms with van der Waals surface area (Å²) in [4.78, 5) is 0. The third-order valence-corrected chi connectivity index (χ3v) is 4.04. The van der Waals surface area contributed by atoms with Crippen molar-refractivity contribution >= 4 is 39.1 Å². The van der Waals surface area contributed by atoms with E-state index in [1.165, 1.54) is 0 Å². The van der Waals surface area contributed by atoms with Gasteiger partial charge in [-0.2, -0.15) is 0 Å². The van der Waals surface area contributed by atoms with Crippen LogP contribution in [-0.2, 0) is 12.4 Å². The highest BCUT2D eigenvalue weighted by molar-refractivity contribution is 9.10. The van der Waals surface area contributed by atoms with E-state index in [1.807, 2.05) is 22.8 Å². The van der Waals surface area contributed by atoms with Crippen LogP contribution in [0.25, 0.3) is 11.4 Å². The quantitative estimate of drug-likeness (QED) is 0.761. The molecule has 96 valence electrons. The molecular formula is C12H12BrCl2N3. The Morgan fingerprint density at radius 3 is 2.72 bits per heavy atom. The van der Waals surface area contributed by atoms with E-state index in [2.05, 4.69) is 33.1 Å². The number of rotatable bonds is 4. The normalized spacial score (nSPS) is 10.9. The van der Waals surface area contributed by atoms with Crippen molar-refractivity contribution in [3.63, 3.8) is 0 Å². The van der Waals surface area contributed by atoms with Gasteiger partial charge < -0.3 is 4.57 Å². The van der Waals surface area contributed by atoms with Gasteiger partial charge in [0.2, 0.25) is 0 Å². The third kappa shape index (κ3) is 2.71. The lowest BCUT2D eigenvalue weighted by atomic mass is 10.2. The van der Waals surface area contributed by atoms with Crippen LogP contribution in [0.15, 0.2) is 22.7 Å². The summed E-state index contributed by atoms with van der Waals surface area (Å²) in [7, 11) is 0. The van der Waals surface area contributed by atoms with E-state index in [0.717, 1.165) is 34.7 Å². The van der Waals surface area contributed by atoms with Crippen LogP contribution in [0.4, 0.5) is 0 Å². The van der Waals surface area contributed by atoms with Crippen molar-refractivity contribution in [3.05, 3.63) is 33.5 Å². The van der Waals surface area contributed by atoms with Gasteiger partial charge in [0.25, 0.3) is 0 Å². The van der Waals surface area contributed by atoms with Crippen molar-refractivity contribution in [1.29, 1.82) is 0 Å². The van der Waals surface area contributed by atoms with Crippen molar-refractivity contribution in [1.82, 2.24) is 14.8 Å². The van der Waals surface area contributed by atoms with E-state index in [1.54, 1.807) is 0 Å². The minimum atomic E-state index is 0.358. The molecule has 0 spiro atoms. The molecule has 0 amide bonds. The topological polar surface area (TPSA) is 30.7 Å². The van der Waals surface area contributed by atoms with Crippen LogP contribution in [0.2, 0.25) is 5.02 Å². The van der Waals surface area contributed by atoms with Gasteiger partial charge in [-0.25, -0.2) is 0 Å². The highest BCUT2D eigenvalue weighted by Crippen LogP contribution is 2.28. The molecule has 0 aliphatic heterocycles. The average molecular weight is 349 g/mol. The Labute approximate surface area is 124 Å². The van der Waals surface area contributed by atoms with Crippen molar-refractivity contribution < 1.29 is 0 Å². The fourth-order valence-electron chi connectivity index (χ4n) is 1.74. The molecule has 18 heavy (non-hydrogen) atoms. The second kappa shape index (κ2) is 6.04. The summed E-state index contributed by atoms with van der Waals surface area (Å²) in [5, 5.41) is 8.97. The third-order valence-electron chi connectivity index (χ3n) is 2.57. The predicted molar refractivity (Wildman–Crippen MR) is 78.0 cm³/mol. The Kier molecular flexibility index (Phi) is 4.65. The highest BCUT2D eigenvalue weighted by atomic mass is 79.9. The van der Waals surface area contributed by atoms with Gasteiger partial charge in [0.15, 0.2) is 5.82 Å². The molecule has 1 aromatic carbocycles. The lowest BCUT2D eigenvalue weighted by Gasteiger charge is -2.08. The lowest BCUT2D eigenvalue weighted by Crippen LogP contribution is -2.03. The van der Waals surface area contributed by atoms with Crippen LogP contribution in [0.5, 0.6) is 0 Å². The maximum Gasteiger partial charge on any atom is 0.164 e. The zero-order chi connectivity index (χ0) is 13.1. The van der Waals surface area contributed by atoms with Gasteiger partial charge in [0, 0.05) is 16.6 Å². The second-order valence-corrected chi connectivity index (χ2v) is 5.38. The van der Waals surface area contributed by atoms with Gasteiger partial charge in [-0.15, -0.1) is 21.8 Å². The van der Waals surface area contributed by atoms with E-state index in [4.69, 9.17) is 23.2 Å². The van der Waals surface area contributed by atoms with Crippen LogP contribution in [0.1, 0.15) is 19.2 Å².